The van der Waals surface area contributed by atoms with Gasteiger partial charge in [-0.25, -0.2) is 9.97 Å². The van der Waals surface area contributed by atoms with Gasteiger partial charge in [0.2, 0.25) is 0 Å². The number of hydrogen-bond donors (Lipinski definition) is 0. The summed E-state index contributed by atoms with van der Waals surface area (Å²) in [7, 11) is 0. The van der Waals surface area contributed by atoms with E-state index in [0.717, 1.165) is 88.8 Å². The third-order valence-electron chi connectivity index (χ3n) is 11.2. The molecule has 5 heteroatoms. The number of nitrogens with zero attached hydrogens (tertiary/aromatic N) is 3. The maximum atomic E-state index is 6.53. The number of hydrogen-bond acceptors (Lipinski definition) is 4. The van der Waals surface area contributed by atoms with Crippen LogP contribution in [0.2, 0.25) is 0 Å². The molecule has 0 spiro atoms. The van der Waals surface area contributed by atoms with E-state index in [1.807, 2.05) is 48.5 Å². The summed E-state index contributed by atoms with van der Waals surface area (Å²) in [5.74, 6) is 0.627. The highest BCUT2D eigenvalue weighted by Gasteiger charge is 2.19. The molecule has 0 radical (unpaired) electrons. The van der Waals surface area contributed by atoms with E-state index in [1.54, 1.807) is 0 Å². The van der Waals surface area contributed by atoms with E-state index < -0.39 is 0 Å². The second-order valence-corrected chi connectivity index (χ2v) is 14.5. The Labute approximate surface area is 326 Å². The molecule has 0 fully saturated rings. The van der Waals surface area contributed by atoms with Crippen LogP contribution in [-0.4, -0.2) is 14.5 Å². The minimum atomic E-state index is 0.627. The average molecular weight is 730 g/mol. The number of furan rings is 2. The lowest BCUT2D eigenvalue weighted by Crippen LogP contribution is -1.96. The molecule has 0 amide bonds. The van der Waals surface area contributed by atoms with Gasteiger partial charge in [-0.1, -0.05) is 115 Å². The predicted molar refractivity (Wildman–Crippen MR) is 233 cm³/mol. The minimum Gasteiger partial charge on any atom is -0.456 e. The fourth-order valence-corrected chi connectivity index (χ4v) is 8.56. The van der Waals surface area contributed by atoms with Crippen LogP contribution >= 0.6 is 0 Å². The Balaban J connectivity index is 1.03. The van der Waals surface area contributed by atoms with Gasteiger partial charge in [-0.3, -0.25) is 0 Å². The Hall–Kier alpha value is -7.76. The van der Waals surface area contributed by atoms with Gasteiger partial charge < -0.3 is 13.4 Å². The second-order valence-electron chi connectivity index (χ2n) is 14.5. The SMILES string of the molecule is c1ccc(-c2cc(-c3cccc4oc5ccc(-c6ccc7c(c6)c6ccccc6n7-c6ccccc6)cc5c34)nc(-c3ccc4c(c3)oc3ccccc34)n2)cc1. The van der Waals surface area contributed by atoms with E-state index >= 15 is 0 Å². The molecule has 57 heavy (non-hydrogen) atoms. The summed E-state index contributed by atoms with van der Waals surface area (Å²) in [5, 5.41) is 6.66. The number of aromatic nitrogens is 3. The van der Waals surface area contributed by atoms with Crippen LogP contribution in [-0.2, 0) is 0 Å². The molecule has 0 aliphatic carbocycles. The lowest BCUT2D eigenvalue weighted by Gasteiger charge is -2.10. The summed E-state index contributed by atoms with van der Waals surface area (Å²) in [6.07, 6.45) is 0. The van der Waals surface area contributed by atoms with Crippen molar-refractivity contribution in [1.29, 1.82) is 0 Å². The second kappa shape index (κ2) is 12.4. The number of rotatable bonds is 5. The Morgan fingerprint density at radius 3 is 1.86 bits per heavy atom. The van der Waals surface area contributed by atoms with E-state index in [0.29, 0.717) is 5.82 Å². The van der Waals surface area contributed by atoms with Crippen molar-refractivity contribution in [2.75, 3.05) is 0 Å². The van der Waals surface area contributed by atoms with Gasteiger partial charge >= 0.3 is 0 Å². The van der Waals surface area contributed by atoms with E-state index in [9.17, 15) is 0 Å². The summed E-state index contributed by atoms with van der Waals surface area (Å²) in [5.41, 5.74) is 13.6. The highest BCUT2D eigenvalue weighted by atomic mass is 16.3. The molecule has 0 unspecified atom stereocenters. The van der Waals surface area contributed by atoms with Gasteiger partial charge in [0.25, 0.3) is 0 Å². The highest BCUT2D eigenvalue weighted by Crippen LogP contribution is 2.41. The summed E-state index contributed by atoms with van der Waals surface area (Å²) in [4.78, 5) is 10.4. The minimum absolute atomic E-state index is 0.627. The van der Waals surface area contributed by atoms with Crippen molar-refractivity contribution in [3.63, 3.8) is 0 Å². The quantitative estimate of drug-likeness (QED) is 0.177. The zero-order valence-corrected chi connectivity index (χ0v) is 30.6. The summed E-state index contributed by atoms with van der Waals surface area (Å²) >= 11 is 0. The lowest BCUT2D eigenvalue weighted by atomic mass is 9.98. The van der Waals surface area contributed by atoms with E-state index in [-0.39, 0.29) is 0 Å². The van der Waals surface area contributed by atoms with Crippen LogP contribution in [0.3, 0.4) is 0 Å². The zero-order valence-electron chi connectivity index (χ0n) is 30.6. The van der Waals surface area contributed by atoms with Crippen molar-refractivity contribution < 1.29 is 8.83 Å². The molecule has 12 rings (SSSR count). The number of fused-ring (bicyclic) bond motifs is 9. The Bertz CT molecular complexity index is 3520. The zero-order chi connectivity index (χ0) is 37.5. The first kappa shape index (κ1) is 31.6. The van der Waals surface area contributed by atoms with E-state index in [2.05, 4.69) is 144 Å². The molecule has 0 saturated heterocycles. The highest BCUT2D eigenvalue weighted by molar-refractivity contribution is 6.14. The van der Waals surface area contributed by atoms with Gasteiger partial charge in [-0.2, -0.15) is 0 Å². The molecule has 12 aromatic rings. The number of para-hydroxylation sites is 3. The molecule has 0 aliphatic heterocycles. The van der Waals surface area contributed by atoms with E-state index in [4.69, 9.17) is 18.8 Å². The smallest absolute Gasteiger partial charge is 0.160 e. The molecule has 0 aliphatic rings. The molecule has 4 heterocycles. The summed E-state index contributed by atoms with van der Waals surface area (Å²) in [6.45, 7) is 0. The molecular weight excluding hydrogens is 699 g/mol. The normalized spacial score (nSPS) is 11.9. The van der Waals surface area contributed by atoms with E-state index in [1.165, 1.54) is 21.8 Å². The van der Waals surface area contributed by atoms with Gasteiger partial charge in [0.05, 0.1) is 22.4 Å². The first-order valence-corrected chi connectivity index (χ1v) is 19.1. The summed E-state index contributed by atoms with van der Waals surface area (Å²) < 4.78 is 15.2. The first-order chi connectivity index (χ1) is 28.2. The molecule has 266 valence electrons. The topological polar surface area (TPSA) is 57.0 Å². The van der Waals surface area contributed by atoms with Crippen molar-refractivity contribution in [2.24, 2.45) is 0 Å². The van der Waals surface area contributed by atoms with Crippen LogP contribution in [0.4, 0.5) is 0 Å². The largest absolute Gasteiger partial charge is 0.456 e. The first-order valence-electron chi connectivity index (χ1n) is 19.1. The Kier molecular flexibility index (Phi) is 6.86. The average Bonchev–Trinajstić information content (AvgIpc) is 3.95. The molecule has 0 N–H and O–H groups in total. The summed E-state index contributed by atoms with van der Waals surface area (Å²) in [6, 6.07) is 65.5. The van der Waals surface area contributed by atoms with Crippen LogP contribution in [0.1, 0.15) is 0 Å². The fourth-order valence-electron chi connectivity index (χ4n) is 8.56. The predicted octanol–water partition coefficient (Wildman–Crippen LogP) is 14.0. The van der Waals surface area contributed by atoms with Crippen molar-refractivity contribution >= 4 is 65.7 Å². The fraction of sp³-hybridized carbons (Fsp3) is 0. The van der Waals surface area contributed by atoms with Crippen LogP contribution < -0.4 is 0 Å². The van der Waals surface area contributed by atoms with Gasteiger partial charge in [-0.15, -0.1) is 0 Å². The standard InChI is InChI=1S/C52H31N3O2/c1-3-12-32(13-4-1)43-31-44(54-52(53-43)35-22-25-39-38-17-8-10-20-47(38)57-50(39)30-35)40-18-11-21-49-51(40)42-29-34(24-27-48(42)56-49)33-23-26-46-41(28-33)37-16-7-9-19-45(37)55(46)36-14-5-2-6-15-36/h1-31H. The molecule has 0 saturated carbocycles. The molecule has 0 bridgehead atoms. The molecular formula is C52H31N3O2. The van der Waals surface area contributed by atoms with Crippen LogP contribution in [0.25, 0.3) is 116 Å². The van der Waals surface area contributed by atoms with Crippen molar-refractivity contribution in [3.05, 3.63) is 188 Å². The molecule has 8 aromatic carbocycles. The van der Waals surface area contributed by atoms with Crippen LogP contribution in [0.15, 0.2) is 197 Å². The molecule has 0 atom stereocenters. The van der Waals surface area contributed by atoms with Crippen LogP contribution in [0, 0.1) is 0 Å². The lowest BCUT2D eigenvalue weighted by molar-refractivity contribution is 0.668. The monoisotopic (exact) mass is 729 g/mol. The van der Waals surface area contributed by atoms with Gasteiger partial charge in [-0.05, 0) is 83.9 Å². The van der Waals surface area contributed by atoms with Gasteiger partial charge in [0.15, 0.2) is 5.82 Å². The Morgan fingerprint density at radius 2 is 0.982 bits per heavy atom. The van der Waals surface area contributed by atoms with Crippen molar-refractivity contribution in [2.45, 2.75) is 0 Å². The van der Waals surface area contributed by atoms with Gasteiger partial charge in [0, 0.05) is 54.7 Å². The van der Waals surface area contributed by atoms with Crippen molar-refractivity contribution in [1.82, 2.24) is 14.5 Å². The maximum Gasteiger partial charge on any atom is 0.160 e. The van der Waals surface area contributed by atoms with Crippen LogP contribution in [0.5, 0.6) is 0 Å². The Morgan fingerprint density at radius 1 is 0.351 bits per heavy atom. The maximum absolute atomic E-state index is 6.53. The molecule has 4 aromatic heterocycles. The molecule has 5 nitrogen and oxygen atoms in total. The third kappa shape index (κ3) is 5.03. The van der Waals surface area contributed by atoms with Gasteiger partial charge in [0.1, 0.15) is 22.3 Å². The number of benzene rings is 8. The third-order valence-corrected chi connectivity index (χ3v) is 11.2. The van der Waals surface area contributed by atoms with Crippen molar-refractivity contribution in [3.8, 4) is 50.7 Å².